The van der Waals surface area contributed by atoms with E-state index in [4.69, 9.17) is 0 Å². The Kier molecular flexibility index (Phi) is 10.3. The van der Waals surface area contributed by atoms with Gasteiger partial charge in [0.05, 0.1) is 10.2 Å². The lowest BCUT2D eigenvalue weighted by atomic mass is 10.1. The highest BCUT2D eigenvalue weighted by atomic mass is 32.2. The van der Waals surface area contributed by atoms with Crippen LogP contribution in [0.4, 0.5) is 17.1 Å². The number of allylic oxidation sites excluding steroid dienone is 1. The van der Waals surface area contributed by atoms with E-state index in [-0.39, 0.29) is 0 Å². The number of nitrogens with zero attached hydrogens (tertiary/aromatic N) is 3. The van der Waals surface area contributed by atoms with Crippen LogP contribution in [0, 0.1) is 11.3 Å². The second-order valence-electron chi connectivity index (χ2n) is 10.9. The number of hydrogen-bond acceptors (Lipinski definition) is 5. The number of hydrogen-bond donors (Lipinski definition) is 0. The molecule has 1 aliphatic heterocycles. The summed E-state index contributed by atoms with van der Waals surface area (Å²) >= 11 is 5.77. The Morgan fingerprint density at radius 2 is 1.45 bits per heavy atom. The smallest absolute Gasteiger partial charge is 0.101 e. The van der Waals surface area contributed by atoms with Crippen LogP contribution >= 0.6 is 34.9 Å². The second kappa shape index (κ2) is 14.9. The molecule has 0 aliphatic carbocycles. The van der Waals surface area contributed by atoms with Crippen LogP contribution < -0.4 is 4.90 Å². The van der Waals surface area contributed by atoms with E-state index < -0.39 is 0 Å². The molecule has 2 aromatic heterocycles. The number of nitriles is 1. The molecule has 0 N–H and O–H groups in total. The van der Waals surface area contributed by atoms with Gasteiger partial charge in [0.25, 0.3) is 0 Å². The van der Waals surface area contributed by atoms with Gasteiger partial charge in [0.15, 0.2) is 0 Å². The molecule has 0 bridgehead atoms. The fourth-order valence-corrected chi connectivity index (χ4v) is 9.53. The van der Waals surface area contributed by atoms with Gasteiger partial charge in [-0.2, -0.15) is 5.26 Å². The molecular formula is C38H37N3S3. The average molecular weight is 632 g/mol. The SMILES string of the molecule is CCCCCCn1c(/C=C(\C#N)c2ccc(-c3ccc(N(c4ccccc4)c4ccccc4)cc3)s2)ccc1C1SCCS1. The summed E-state index contributed by atoms with van der Waals surface area (Å²) in [7, 11) is 0. The molecule has 5 aromatic rings. The first kappa shape index (κ1) is 30.4. The van der Waals surface area contributed by atoms with Gasteiger partial charge in [0, 0.05) is 56.3 Å². The van der Waals surface area contributed by atoms with E-state index in [1.165, 1.54) is 42.9 Å². The lowest BCUT2D eigenvalue weighted by Crippen LogP contribution is -2.09. The minimum Gasteiger partial charge on any atom is -0.343 e. The maximum absolute atomic E-state index is 10.3. The van der Waals surface area contributed by atoms with Crippen molar-refractivity contribution in [2.45, 2.75) is 43.7 Å². The predicted octanol–water partition coefficient (Wildman–Crippen LogP) is 11.8. The maximum Gasteiger partial charge on any atom is 0.101 e. The van der Waals surface area contributed by atoms with E-state index >= 15 is 0 Å². The first-order valence-corrected chi connectivity index (χ1v) is 18.3. The summed E-state index contributed by atoms with van der Waals surface area (Å²) in [4.78, 5) is 4.44. The van der Waals surface area contributed by atoms with Crippen molar-refractivity contribution in [3.63, 3.8) is 0 Å². The van der Waals surface area contributed by atoms with Gasteiger partial charge in [-0.05, 0) is 78.7 Å². The molecular weight excluding hydrogens is 595 g/mol. The van der Waals surface area contributed by atoms with Gasteiger partial charge in [-0.25, -0.2) is 0 Å². The van der Waals surface area contributed by atoms with Crippen molar-refractivity contribution in [3.8, 4) is 16.5 Å². The van der Waals surface area contributed by atoms with Crippen molar-refractivity contribution in [3.05, 3.63) is 125 Å². The van der Waals surface area contributed by atoms with Crippen LogP contribution in [0.1, 0.15) is 53.5 Å². The topological polar surface area (TPSA) is 32.0 Å². The number of unbranched alkanes of at least 4 members (excludes halogenated alkanes) is 3. The predicted molar refractivity (Wildman–Crippen MR) is 194 cm³/mol. The Labute approximate surface area is 274 Å². The van der Waals surface area contributed by atoms with Gasteiger partial charge in [0.2, 0.25) is 0 Å². The molecule has 3 heterocycles. The zero-order valence-electron chi connectivity index (χ0n) is 25.1. The number of para-hydroxylation sites is 2. The first-order chi connectivity index (χ1) is 21.7. The standard InChI is InChI=1S/C38H37N3S3/c1-2-3-4-11-24-40-34(20-21-35(40)38-42-25-26-43-38)27-30(28-39)37-23-22-36(44-37)29-16-18-33(19-17-29)41(31-12-7-5-8-13-31)32-14-9-6-10-15-32/h5-10,12-23,27,38H,2-4,11,24-26H2,1H3/b30-27+. The Hall–Kier alpha value is -3.63. The van der Waals surface area contributed by atoms with Crippen molar-refractivity contribution in [2.24, 2.45) is 0 Å². The van der Waals surface area contributed by atoms with E-state index in [0.29, 0.717) is 4.58 Å². The number of anilines is 3. The second-order valence-corrected chi connectivity index (χ2v) is 14.7. The van der Waals surface area contributed by atoms with Gasteiger partial charge in [-0.1, -0.05) is 74.7 Å². The van der Waals surface area contributed by atoms with Gasteiger partial charge in [-0.3, -0.25) is 0 Å². The van der Waals surface area contributed by atoms with Crippen LogP contribution in [-0.2, 0) is 6.54 Å². The van der Waals surface area contributed by atoms with E-state index in [1.54, 1.807) is 11.3 Å². The van der Waals surface area contributed by atoms with E-state index in [9.17, 15) is 5.26 Å². The highest BCUT2D eigenvalue weighted by Gasteiger charge is 2.23. The van der Waals surface area contributed by atoms with Crippen molar-refractivity contribution in [1.82, 2.24) is 4.57 Å². The molecule has 1 aliphatic rings. The highest BCUT2D eigenvalue weighted by Crippen LogP contribution is 2.46. The lowest BCUT2D eigenvalue weighted by Gasteiger charge is -2.25. The first-order valence-electron chi connectivity index (χ1n) is 15.4. The fourth-order valence-electron chi connectivity index (χ4n) is 5.64. The molecule has 6 rings (SSSR count). The number of benzene rings is 3. The van der Waals surface area contributed by atoms with Crippen LogP contribution in [0.15, 0.2) is 109 Å². The van der Waals surface area contributed by atoms with Gasteiger partial charge in [-0.15, -0.1) is 34.9 Å². The molecule has 1 fully saturated rings. The molecule has 3 nitrogen and oxygen atoms in total. The number of aromatic nitrogens is 1. The van der Waals surface area contributed by atoms with Gasteiger partial charge in [0.1, 0.15) is 6.07 Å². The summed E-state index contributed by atoms with van der Waals surface area (Å²) in [5.74, 6) is 2.42. The molecule has 1 saturated heterocycles. The van der Waals surface area contributed by atoms with Crippen molar-refractivity contribution in [1.29, 1.82) is 5.26 Å². The molecule has 222 valence electrons. The van der Waals surface area contributed by atoms with Crippen LogP contribution in [-0.4, -0.2) is 16.1 Å². The number of rotatable bonds is 12. The monoisotopic (exact) mass is 631 g/mol. The molecule has 0 unspecified atom stereocenters. The van der Waals surface area contributed by atoms with Crippen LogP contribution in [0.3, 0.4) is 0 Å². The van der Waals surface area contributed by atoms with E-state index in [2.05, 4.69) is 126 Å². The zero-order chi connectivity index (χ0) is 30.1. The number of thiophene rings is 1. The fraction of sp³-hybridized carbons (Fsp3) is 0.237. The molecule has 0 atom stereocenters. The Morgan fingerprint density at radius 1 is 0.795 bits per heavy atom. The Morgan fingerprint density at radius 3 is 2.09 bits per heavy atom. The summed E-state index contributed by atoms with van der Waals surface area (Å²) in [6.45, 7) is 3.27. The third-order valence-corrected chi connectivity index (χ3v) is 12.1. The average Bonchev–Trinajstić information content (AvgIpc) is 3.86. The molecule has 0 spiro atoms. The van der Waals surface area contributed by atoms with E-state index in [1.807, 2.05) is 35.7 Å². The van der Waals surface area contributed by atoms with Gasteiger partial charge < -0.3 is 9.47 Å². The van der Waals surface area contributed by atoms with Crippen LogP contribution in [0.2, 0.25) is 0 Å². The van der Waals surface area contributed by atoms with Crippen molar-refractivity contribution in [2.75, 3.05) is 16.4 Å². The molecule has 0 saturated carbocycles. The molecule has 3 aromatic carbocycles. The summed E-state index contributed by atoms with van der Waals surface area (Å²) in [6.07, 6.45) is 7.03. The molecule has 0 radical (unpaired) electrons. The van der Waals surface area contributed by atoms with Crippen molar-refractivity contribution >= 4 is 63.6 Å². The molecule has 6 heteroatoms. The van der Waals surface area contributed by atoms with Crippen LogP contribution in [0.25, 0.3) is 22.1 Å². The third kappa shape index (κ3) is 7.02. The quantitative estimate of drug-likeness (QED) is 0.101. The van der Waals surface area contributed by atoms with Gasteiger partial charge >= 0.3 is 0 Å². The minimum atomic E-state index is 0.491. The normalized spacial score (nSPS) is 13.7. The minimum absolute atomic E-state index is 0.491. The Balaban J connectivity index is 1.26. The van der Waals surface area contributed by atoms with Crippen molar-refractivity contribution < 1.29 is 0 Å². The van der Waals surface area contributed by atoms with E-state index in [0.717, 1.165) is 50.2 Å². The number of thioether (sulfide) groups is 2. The Bertz CT molecular complexity index is 1670. The summed E-state index contributed by atoms with van der Waals surface area (Å²) in [5.41, 5.74) is 7.76. The highest BCUT2D eigenvalue weighted by molar-refractivity contribution is 8.19. The zero-order valence-corrected chi connectivity index (χ0v) is 27.5. The largest absolute Gasteiger partial charge is 0.343 e. The summed E-state index contributed by atoms with van der Waals surface area (Å²) < 4.78 is 2.96. The lowest BCUT2D eigenvalue weighted by molar-refractivity contribution is 0.573. The molecule has 44 heavy (non-hydrogen) atoms. The molecule has 0 amide bonds. The summed E-state index contributed by atoms with van der Waals surface area (Å²) in [5, 5.41) is 10.3. The summed E-state index contributed by atoms with van der Waals surface area (Å²) in [6, 6.07) is 40.9. The van der Waals surface area contributed by atoms with Crippen LogP contribution in [0.5, 0.6) is 0 Å². The maximum atomic E-state index is 10.3. The third-order valence-electron chi connectivity index (χ3n) is 7.87.